The summed E-state index contributed by atoms with van der Waals surface area (Å²) in [4.78, 5) is 0. The average molecular weight is 409 g/mol. The van der Waals surface area contributed by atoms with Gasteiger partial charge in [0.25, 0.3) is 0 Å². The summed E-state index contributed by atoms with van der Waals surface area (Å²) >= 11 is 8.44. The largest absolute Gasteiger partial charge is 0.271 e. The fourth-order valence-corrected chi connectivity index (χ4v) is 2.99. The summed E-state index contributed by atoms with van der Waals surface area (Å²) in [5.74, 6) is 5.77. The fraction of sp³-hybridized carbons (Fsp3) is 0.0588. The van der Waals surface area contributed by atoms with Crippen molar-refractivity contribution >= 4 is 45.0 Å². The van der Waals surface area contributed by atoms with Gasteiger partial charge in [-0.1, -0.05) is 54.1 Å². The van der Waals surface area contributed by atoms with Crippen LogP contribution >= 0.6 is 34.2 Å². The van der Waals surface area contributed by atoms with Gasteiger partial charge in [0.2, 0.25) is 0 Å². The molecule has 21 heavy (non-hydrogen) atoms. The van der Waals surface area contributed by atoms with E-state index in [2.05, 4.69) is 58.3 Å². The summed E-state index contributed by atoms with van der Waals surface area (Å²) in [6.07, 6.45) is 0. The highest BCUT2D eigenvalue weighted by atomic mass is 127. The lowest BCUT2D eigenvalue weighted by molar-refractivity contribution is 0.637. The van der Waals surface area contributed by atoms with Crippen LogP contribution in [0.25, 0.3) is 10.8 Å². The first-order valence-electron chi connectivity index (χ1n) is 6.59. The van der Waals surface area contributed by atoms with E-state index in [4.69, 9.17) is 17.4 Å². The Morgan fingerprint density at radius 2 is 1.57 bits per heavy atom. The van der Waals surface area contributed by atoms with Crippen molar-refractivity contribution in [3.63, 3.8) is 0 Å². The lowest BCUT2D eigenvalue weighted by Gasteiger charge is -2.18. The van der Waals surface area contributed by atoms with Crippen LogP contribution in [0.5, 0.6) is 0 Å². The molecular formula is C17H14ClIN2. The molecule has 0 heterocycles. The molecule has 2 nitrogen and oxygen atoms in total. The Balaban J connectivity index is 2.06. The third-order valence-corrected chi connectivity index (χ3v) is 5.12. The van der Waals surface area contributed by atoms with E-state index in [1.165, 1.54) is 10.8 Å². The maximum atomic E-state index is 6.22. The minimum atomic E-state index is -0.0795. The Morgan fingerprint density at radius 1 is 0.905 bits per heavy atom. The quantitative estimate of drug-likeness (QED) is 0.376. The first-order valence-corrected chi connectivity index (χ1v) is 8.04. The topological polar surface area (TPSA) is 38.0 Å². The van der Waals surface area contributed by atoms with Gasteiger partial charge in [-0.15, -0.1) is 0 Å². The Kier molecular flexibility index (Phi) is 4.45. The number of benzene rings is 3. The van der Waals surface area contributed by atoms with Gasteiger partial charge in [-0.2, -0.15) is 0 Å². The highest BCUT2D eigenvalue weighted by Crippen LogP contribution is 2.28. The lowest BCUT2D eigenvalue weighted by atomic mass is 9.97. The van der Waals surface area contributed by atoms with Gasteiger partial charge in [0, 0.05) is 3.57 Å². The zero-order chi connectivity index (χ0) is 14.8. The fourth-order valence-electron chi connectivity index (χ4n) is 2.46. The predicted octanol–water partition coefficient (Wildman–Crippen LogP) is 4.65. The van der Waals surface area contributed by atoms with Gasteiger partial charge in [0.15, 0.2) is 0 Å². The van der Waals surface area contributed by atoms with E-state index in [-0.39, 0.29) is 6.04 Å². The number of hydrazine groups is 1. The minimum absolute atomic E-state index is 0.0795. The summed E-state index contributed by atoms with van der Waals surface area (Å²) in [5, 5.41) is 3.17. The molecule has 0 fully saturated rings. The van der Waals surface area contributed by atoms with Crippen LogP contribution in [0.2, 0.25) is 5.02 Å². The number of hydrogen-bond acceptors (Lipinski definition) is 2. The number of rotatable bonds is 3. The van der Waals surface area contributed by atoms with Crippen LogP contribution in [0.15, 0.2) is 60.7 Å². The van der Waals surface area contributed by atoms with Crippen LogP contribution in [-0.2, 0) is 0 Å². The van der Waals surface area contributed by atoms with Gasteiger partial charge in [0.05, 0.1) is 11.1 Å². The molecule has 3 aromatic carbocycles. The van der Waals surface area contributed by atoms with Crippen LogP contribution in [0, 0.1) is 3.57 Å². The van der Waals surface area contributed by atoms with E-state index in [0.717, 1.165) is 19.7 Å². The van der Waals surface area contributed by atoms with Crippen molar-refractivity contribution in [2.24, 2.45) is 5.84 Å². The molecule has 0 saturated heterocycles. The third-order valence-electron chi connectivity index (χ3n) is 3.55. The van der Waals surface area contributed by atoms with E-state index >= 15 is 0 Å². The Hall–Kier alpha value is -1.14. The number of fused-ring (bicyclic) bond motifs is 1. The highest BCUT2D eigenvalue weighted by molar-refractivity contribution is 14.1. The van der Waals surface area contributed by atoms with Gasteiger partial charge in [-0.25, -0.2) is 5.43 Å². The molecule has 0 radical (unpaired) electrons. The molecule has 0 bridgehead atoms. The van der Waals surface area contributed by atoms with Crippen LogP contribution < -0.4 is 11.3 Å². The van der Waals surface area contributed by atoms with Crippen molar-refractivity contribution in [1.29, 1.82) is 0 Å². The van der Waals surface area contributed by atoms with Crippen molar-refractivity contribution in [1.82, 2.24) is 5.43 Å². The molecule has 4 heteroatoms. The molecule has 0 saturated carbocycles. The SMILES string of the molecule is NNC(c1ccc(I)c(Cl)c1)c1ccc2ccccc2c1. The maximum absolute atomic E-state index is 6.22. The smallest absolute Gasteiger partial charge is 0.0710 e. The first-order chi connectivity index (χ1) is 10.2. The zero-order valence-electron chi connectivity index (χ0n) is 11.2. The minimum Gasteiger partial charge on any atom is -0.271 e. The molecule has 0 aliphatic rings. The standard InChI is InChI=1S/C17H14ClIN2/c18-15-10-14(7-8-16(15)19)17(21-20)13-6-5-11-3-1-2-4-12(11)9-13/h1-10,17,21H,20H2. The molecule has 1 atom stereocenters. The monoisotopic (exact) mass is 408 g/mol. The van der Waals surface area contributed by atoms with E-state index < -0.39 is 0 Å². The summed E-state index contributed by atoms with van der Waals surface area (Å²) in [7, 11) is 0. The summed E-state index contributed by atoms with van der Waals surface area (Å²) < 4.78 is 1.03. The molecule has 0 aliphatic carbocycles. The lowest BCUT2D eigenvalue weighted by Crippen LogP contribution is -2.28. The van der Waals surface area contributed by atoms with Crippen LogP contribution in [0.1, 0.15) is 17.2 Å². The van der Waals surface area contributed by atoms with Crippen molar-refractivity contribution < 1.29 is 0 Å². The molecule has 3 aromatic rings. The van der Waals surface area contributed by atoms with Crippen molar-refractivity contribution in [2.45, 2.75) is 6.04 Å². The van der Waals surface area contributed by atoms with Crippen LogP contribution in [-0.4, -0.2) is 0 Å². The summed E-state index contributed by atoms with van der Waals surface area (Å²) in [6.45, 7) is 0. The zero-order valence-corrected chi connectivity index (χ0v) is 14.1. The normalized spacial score (nSPS) is 12.5. The molecule has 0 amide bonds. The third kappa shape index (κ3) is 3.06. The second-order valence-electron chi connectivity index (χ2n) is 4.88. The van der Waals surface area contributed by atoms with Crippen molar-refractivity contribution in [3.05, 3.63) is 80.4 Å². The molecule has 0 aliphatic heterocycles. The molecule has 3 rings (SSSR count). The second-order valence-corrected chi connectivity index (χ2v) is 6.45. The maximum Gasteiger partial charge on any atom is 0.0710 e. The Bertz CT molecular complexity index is 789. The van der Waals surface area contributed by atoms with Gasteiger partial charge >= 0.3 is 0 Å². The van der Waals surface area contributed by atoms with E-state index in [9.17, 15) is 0 Å². The van der Waals surface area contributed by atoms with Crippen molar-refractivity contribution in [3.8, 4) is 0 Å². The van der Waals surface area contributed by atoms with E-state index in [0.29, 0.717) is 0 Å². The van der Waals surface area contributed by atoms with E-state index in [1.54, 1.807) is 0 Å². The van der Waals surface area contributed by atoms with Gasteiger partial charge in [-0.05, 0) is 62.7 Å². The van der Waals surface area contributed by atoms with E-state index in [1.807, 2.05) is 30.3 Å². The Morgan fingerprint density at radius 3 is 2.29 bits per heavy atom. The number of hydrogen-bond donors (Lipinski definition) is 2. The van der Waals surface area contributed by atoms with Crippen LogP contribution in [0.3, 0.4) is 0 Å². The molecule has 0 aromatic heterocycles. The molecular weight excluding hydrogens is 395 g/mol. The summed E-state index contributed by atoms with van der Waals surface area (Å²) in [5.41, 5.74) is 5.06. The van der Waals surface area contributed by atoms with Gasteiger partial charge in [0.1, 0.15) is 0 Å². The molecule has 106 valence electrons. The Labute approximate surface area is 142 Å². The number of nitrogens with two attached hydrogens (primary N) is 1. The number of nitrogens with one attached hydrogen (secondary N) is 1. The molecule has 1 unspecified atom stereocenters. The highest BCUT2D eigenvalue weighted by Gasteiger charge is 2.14. The average Bonchev–Trinajstić information content (AvgIpc) is 2.51. The van der Waals surface area contributed by atoms with Gasteiger partial charge < -0.3 is 0 Å². The van der Waals surface area contributed by atoms with Crippen molar-refractivity contribution in [2.75, 3.05) is 0 Å². The second kappa shape index (κ2) is 6.32. The summed E-state index contributed by atoms with van der Waals surface area (Å²) in [6, 6.07) is 20.6. The molecule has 0 spiro atoms. The first kappa shape index (κ1) is 14.8. The predicted molar refractivity (Wildman–Crippen MR) is 97.3 cm³/mol. The molecule has 3 N–H and O–H groups in total. The van der Waals surface area contributed by atoms with Gasteiger partial charge in [-0.3, -0.25) is 5.84 Å². The van der Waals surface area contributed by atoms with Crippen LogP contribution in [0.4, 0.5) is 0 Å². The number of halogens is 2.